The number of hydrogen-bond acceptors (Lipinski definition) is 3. The number of benzene rings is 1. The van der Waals surface area contributed by atoms with Gasteiger partial charge in [-0.25, -0.2) is 0 Å². The monoisotopic (exact) mass is 250 g/mol. The van der Waals surface area contributed by atoms with Crippen LogP contribution < -0.4 is 10.1 Å². The lowest BCUT2D eigenvalue weighted by Crippen LogP contribution is -2.20. The average Bonchev–Trinajstić information content (AvgIpc) is 2.30. The maximum absolute atomic E-state index is 10.3. The van der Waals surface area contributed by atoms with Crippen LogP contribution in [0.2, 0.25) is 0 Å². The smallest absolute Gasteiger partial charge is 0.304 e. The number of aliphatic carboxylic acids is 1. The van der Waals surface area contributed by atoms with E-state index in [4.69, 9.17) is 9.84 Å². The summed E-state index contributed by atoms with van der Waals surface area (Å²) in [6.07, 6.45) is 1.02. The molecule has 0 saturated carbocycles. The normalized spacial score (nSPS) is 10.3. The van der Waals surface area contributed by atoms with Gasteiger partial charge >= 0.3 is 5.97 Å². The number of hydrogen-bond donors (Lipinski definition) is 2. The molecule has 0 aliphatic rings. The van der Waals surface area contributed by atoms with Crippen molar-refractivity contribution in [3.63, 3.8) is 0 Å². The summed E-state index contributed by atoms with van der Waals surface area (Å²) in [5.74, 6) is 0.157. The Hall–Kier alpha value is -1.55. The number of carbonyl (C=O) groups is 1. The quantitative estimate of drug-likeness (QED) is 0.692. The zero-order chi connectivity index (χ0) is 13.4. The van der Waals surface area contributed by atoms with Crippen molar-refractivity contribution in [3.8, 4) is 5.75 Å². The van der Waals surface area contributed by atoms with Crippen molar-refractivity contribution < 1.29 is 14.6 Å². The second-order valence-corrected chi connectivity index (χ2v) is 4.25. The number of ether oxygens (including phenoxy) is 1. The Kier molecular flexibility index (Phi) is 6.22. The van der Waals surface area contributed by atoms with Crippen LogP contribution in [0, 0.1) is 19.9 Å². The second-order valence-electron chi connectivity index (χ2n) is 4.25. The first kappa shape index (κ1) is 14.5. The van der Waals surface area contributed by atoms with Crippen molar-refractivity contribution in [2.75, 3.05) is 19.7 Å². The van der Waals surface area contributed by atoms with Crippen LogP contribution in [0.1, 0.15) is 24.0 Å². The second kappa shape index (κ2) is 7.71. The van der Waals surface area contributed by atoms with Gasteiger partial charge in [-0.3, -0.25) is 4.79 Å². The zero-order valence-electron chi connectivity index (χ0n) is 11.0. The molecule has 4 nitrogen and oxygen atoms in total. The Bertz CT molecular complexity index is 370. The molecule has 0 aliphatic carbocycles. The zero-order valence-corrected chi connectivity index (χ0v) is 11.0. The van der Waals surface area contributed by atoms with Crippen molar-refractivity contribution >= 4 is 5.97 Å². The van der Waals surface area contributed by atoms with E-state index < -0.39 is 5.97 Å². The molecule has 0 unspecified atom stereocenters. The van der Waals surface area contributed by atoms with Crippen LogP contribution in [-0.4, -0.2) is 30.8 Å². The number of nitrogens with one attached hydrogen (secondary N) is 1. The third kappa shape index (κ3) is 5.19. The molecule has 4 heteroatoms. The number of carboxylic acids is 1. The molecular formula is C14H20NO3. The van der Waals surface area contributed by atoms with Gasteiger partial charge in [0.25, 0.3) is 0 Å². The Morgan fingerprint density at radius 3 is 2.61 bits per heavy atom. The van der Waals surface area contributed by atoms with Crippen molar-refractivity contribution in [1.29, 1.82) is 0 Å². The molecule has 1 aromatic rings. The van der Waals surface area contributed by atoms with Crippen LogP contribution in [-0.2, 0) is 4.79 Å². The Balaban J connectivity index is 2.16. The third-order valence-electron chi connectivity index (χ3n) is 2.58. The number of carboxylic acid groups (broad SMARTS) is 1. The highest BCUT2D eigenvalue weighted by Crippen LogP contribution is 2.21. The van der Waals surface area contributed by atoms with Crippen LogP contribution in [0.3, 0.4) is 0 Å². The van der Waals surface area contributed by atoms with Crippen molar-refractivity contribution in [2.24, 2.45) is 0 Å². The van der Waals surface area contributed by atoms with Gasteiger partial charge in [-0.05, 0) is 56.1 Å². The molecule has 1 radical (unpaired) electrons. The lowest BCUT2D eigenvalue weighted by Gasteiger charge is -2.11. The lowest BCUT2D eigenvalue weighted by molar-refractivity contribution is -0.136. The van der Waals surface area contributed by atoms with E-state index in [1.54, 1.807) is 0 Å². The summed E-state index contributed by atoms with van der Waals surface area (Å²) in [6, 6.07) is 6.87. The first-order chi connectivity index (χ1) is 8.61. The van der Waals surface area contributed by atoms with Crippen molar-refractivity contribution in [3.05, 3.63) is 29.3 Å². The molecule has 99 valence electrons. The fourth-order valence-corrected chi connectivity index (χ4v) is 1.65. The van der Waals surface area contributed by atoms with E-state index in [0.717, 1.165) is 29.8 Å². The van der Waals surface area contributed by atoms with Gasteiger partial charge in [0.1, 0.15) is 5.75 Å². The van der Waals surface area contributed by atoms with Crippen LogP contribution in [0.4, 0.5) is 0 Å². The summed E-state index contributed by atoms with van der Waals surface area (Å²) in [5, 5.41) is 11.5. The minimum atomic E-state index is -0.773. The number of rotatable bonds is 8. The molecule has 0 fully saturated rings. The highest BCUT2D eigenvalue weighted by atomic mass is 16.5. The highest BCUT2D eigenvalue weighted by molar-refractivity contribution is 5.66. The molecule has 0 spiro atoms. The van der Waals surface area contributed by atoms with E-state index in [1.165, 1.54) is 0 Å². The first-order valence-corrected chi connectivity index (χ1v) is 6.14. The fraction of sp³-hybridized carbons (Fsp3) is 0.500. The van der Waals surface area contributed by atoms with E-state index in [0.29, 0.717) is 13.2 Å². The first-order valence-electron chi connectivity index (χ1n) is 6.14. The summed E-state index contributed by atoms with van der Waals surface area (Å²) in [7, 11) is 0. The van der Waals surface area contributed by atoms with Gasteiger partial charge in [-0.1, -0.05) is 0 Å². The molecule has 1 rings (SSSR count). The summed E-state index contributed by atoms with van der Waals surface area (Å²) < 4.78 is 5.72. The molecule has 0 aliphatic heterocycles. The number of aryl methyl sites for hydroxylation is 2. The van der Waals surface area contributed by atoms with Crippen molar-refractivity contribution in [2.45, 2.75) is 26.7 Å². The van der Waals surface area contributed by atoms with E-state index in [-0.39, 0.29) is 6.42 Å². The van der Waals surface area contributed by atoms with Gasteiger partial charge < -0.3 is 15.2 Å². The molecule has 0 heterocycles. The van der Waals surface area contributed by atoms with Gasteiger partial charge in [0.2, 0.25) is 0 Å². The standard InChI is InChI=1S/C14H20NO3/c1-11-5-3-6-12(2)14(11)18-10-4-8-15-9-7-13(16)17/h5-6,15H,4,7-10H2,1-2H3,(H,16,17). The Morgan fingerprint density at radius 1 is 1.33 bits per heavy atom. The molecule has 0 aromatic heterocycles. The lowest BCUT2D eigenvalue weighted by atomic mass is 10.1. The maximum Gasteiger partial charge on any atom is 0.304 e. The molecule has 0 atom stereocenters. The molecule has 0 amide bonds. The maximum atomic E-state index is 10.3. The Morgan fingerprint density at radius 2 is 2.00 bits per heavy atom. The summed E-state index contributed by atoms with van der Waals surface area (Å²) >= 11 is 0. The molecule has 1 aromatic carbocycles. The Labute approximate surface area is 108 Å². The highest BCUT2D eigenvalue weighted by Gasteiger charge is 2.02. The SMILES string of the molecule is Cc1c[c]cc(C)c1OCCCNCCC(=O)O. The minimum absolute atomic E-state index is 0.160. The van der Waals surface area contributed by atoms with Gasteiger partial charge in [0, 0.05) is 6.54 Å². The predicted molar refractivity (Wildman–Crippen MR) is 70.0 cm³/mol. The van der Waals surface area contributed by atoms with Gasteiger partial charge in [-0.15, -0.1) is 0 Å². The minimum Gasteiger partial charge on any atom is -0.493 e. The van der Waals surface area contributed by atoms with Crippen molar-refractivity contribution in [1.82, 2.24) is 5.32 Å². The fourth-order valence-electron chi connectivity index (χ4n) is 1.65. The molecule has 18 heavy (non-hydrogen) atoms. The van der Waals surface area contributed by atoms with Gasteiger partial charge in [0.15, 0.2) is 0 Å². The molecule has 0 saturated heterocycles. The van der Waals surface area contributed by atoms with Gasteiger partial charge in [-0.2, -0.15) is 0 Å². The predicted octanol–water partition coefficient (Wildman–Crippen LogP) is 1.94. The molecule has 2 N–H and O–H groups in total. The van der Waals surface area contributed by atoms with Gasteiger partial charge in [0.05, 0.1) is 13.0 Å². The largest absolute Gasteiger partial charge is 0.493 e. The van der Waals surface area contributed by atoms with E-state index in [9.17, 15) is 4.79 Å². The summed E-state index contributed by atoms with van der Waals surface area (Å²) in [6.45, 7) is 5.91. The van der Waals surface area contributed by atoms with Crippen LogP contribution in [0.15, 0.2) is 12.1 Å². The summed E-state index contributed by atoms with van der Waals surface area (Å²) in [4.78, 5) is 10.3. The average molecular weight is 250 g/mol. The molecule has 0 bridgehead atoms. The van der Waals surface area contributed by atoms with E-state index in [2.05, 4.69) is 11.4 Å². The third-order valence-corrected chi connectivity index (χ3v) is 2.58. The van der Waals surface area contributed by atoms with Crippen LogP contribution in [0.5, 0.6) is 5.75 Å². The van der Waals surface area contributed by atoms with Crippen LogP contribution >= 0.6 is 0 Å². The topological polar surface area (TPSA) is 58.6 Å². The molecular weight excluding hydrogens is 230 g/mol. The van der Waals surface area contributed by atoms with E-state index >= 15 is 0 Å². The van der Waals surface area contributed by atoms with E-state index in [1.807, 2.05) is 26.0 Å². The van der Waals surface area contributed by atoms with Crippen LogP contribution in [0.25, 0.3) is 0 Å². The summed E-state index contributed by atoms with van der Waals surface area (Å²) in [5.41, 5.74) is 2.18.